The SMILES string of the molecule is O[B]Oc1ccc(N(c2ccc(-c3ccccc3)cc2)c2ccc(-c3ccccc3)c(-c3ccccc3)c2)cc1. The van der Waals surface area contributed by atoms with E-state index in [0.29, 0.717) is 13.4 Å². The van der Waals surface area contributed by atoms with Gasteiger partial charge in [0.2, 0.25) is 0 Å². The highest BCUT2D eigenvalue weighted by Gasteiger charge is 2.16. The Morgan fingerprint density at radius 3 is 1.43 bits per heavy atom. The molecule has 6 rings (SSSR count). The molecule has 0 heterocycles. The van der Waals surface area contributed by atoms with Gasteiger partial charge in [0.15, 0.2) is 0 Å². The molecule has 4 heteroatoms. The minimum absolute atomic E-state index is 0.565. The van der Waals surface area contributed by atoms with E-state index in [1.807, 2.05) is 42.5 Å². The third-order valence-corrected chi connectivity index (χ3v) is 6.95. The van der Waals surface area contributed by atoms with E-state index >= 15 is 0 Å². The van der Waals surface area contributed by atoms with Gasteiger partial charge in [0.25, 0.3) is 0 Å². The molecule has 0 amide bonds. The van der Waals surface area contributed by atoms with Crippen molar-refractivity contribution in [1.29, 1.82) is 0 Å². The Hall–Kier alpha value is -5.06. The van der Waals surface area contributed by atoms with Crippen molar-refractivity contribution < 1.29 is 9.68 Å². The van der Waals surface area contributed by atoms with E-state index < -0.39 is 0 Å². The first-order valence-electron chi connectivity index (χ1n) is 13.2. The lowest BCUT2D eigenvalue weighted by Crippen LogP contribution is -2.10. The lowest BCUT2D eigenvalue weighted by atomic mass is 9.93. The molecule has 0 saturated heterocycles. The van der Waals surface area contributed by atoms with Crippen molar-refractivity contribution in [2.75, 3.05) is 4.90 Å². The highest BCUT2D eigenvalue weighted by Crippen LogP contribution is 2.41. The molecule has 6 aromatic rings. The third kappa shape index (κ3) is 5.39. The Bertz CT molecular complexity index is 1670. The number of anilines is 3. The van der Waals surface area contributed by atoms with E-state index in [-0.39, 0.29) is 0 Å². The van der Waals surface area contributed by atoms with Crippen LogP contribution in [-0.2, 0) is 0 Å². The topological polar surface area (TPSA) is 32.7 Å². The highest BCUT2D eigenvalue weighted by atomic mass is 16.5. The Balaban J connectivity index is 1.49. The molecule has 1 radical (unpaired) electrons. The third-order valence-electron chi connectivity index (χ3n) is 6.95. The summed E-state index contributed by atoms with van der Waals surface area (Å²) in [5.74, 6) is 0.565. The molecule has 0 unspecified atom stereocenters. The molecule has 0 aromatic heterocycles. The van der Waals surface area contributed by atoms with E-state index in [1.165, 1.54) is 16.7 Å². The minimum Gasteiger partial charge on any atom is -0.537 e. The standard InChI is InChI=1S/C36H27BNO2/c39-37-40-34-23-20-32(21-24-34)38(31-18-16-28(17-19-31)27-10-4-1-5-11-27)33-22-25-35(29-12-6-2-7-13-29)36(26-33)30-14-8-3-9-15-30/h1-26,39H. The molecular formula is C36H27BNO2. The van der Waals surface area contributed by atoms with Crippen molar-refractivity contribution in [1.82, 2.24) is 0 Å². The fourth-order valence-corrected chi connectivity index (χ4v) is 5.01. The summed E-state index contributed by atoms with van der Waals surface area (Å²) in [4.78, 5) is 2.24. The van der Waals surface area contributed by atoms with Crippen molar-refractivity contribution in [2.45, 2.75) is 0 Å². The average molecular weight is 516 g/mol. The number of benzene rings is 6. The Morgan fingerprint density at radius 2 is 0.875 bits per heavy atom. The van der Waals surface area contributed by atoms with Gasteiger partial charge < -0.3 is 14.6 Å². The van der Waals surface area contributed by atoms with Crippen LogP contribution in [0.4, 0.5) is 17.1 Å². The van der Waals surface area contributed by atoms with Crippen LogP contribution in [0.25, 0.3) is 33.4 Å². The average Bonchev–Trinajstić information content (AvgIpc) is 3.04. The Labute approximate surface area is 235 Å². The van der Waals surface area contributed by atoms with Crippen molar-refractivity contribution in [3.63, 3.8) is 0 Å². The molecule has 0 aliphatic carbocycles. The second kappa shape index (κ2) is 11.8. The van der Waals surface area contributed by atoms with Gasteiger partial charge in [0, 0.05) is 17.1 Å². The van der Waals surface area contributed by atoms with Crippen LogP contribution >= 0.6 is 0 Å². The Kier molecular flexibility index (Phi) is 7.43. The van der Waals surface area contributed by atoms with Crippen LogP contribution in [0.1, 0.15) is 0 Å². The second-order valence-electron chi connectivity index (χ2n) is 9.43. The predicted octanol–water partition coefficient (Wildman–Crippen LogP) is 9.06. The van der Waals surface area contributed by atoms with Crippen LogP contribution in [-0.4, -0.2) is 12.7 Å². The van der Waals surface area contributed by atoms with E-state index in [4.69, 9.17) is 9.68 Å². The molecule has 0 aliphatic heterocycles. The number of hydrogen-bond donors (Lipinski definition) is 1. The van der Waals surface area contributed by atoms with Crippen molar-refractivity contribution in [3.8, 4) is 39.1 Å². The summed E-state index contributed by atoms with van der Waals surface area (Å²) < 4.78 is 5.17. The summed E-state index contributed by atoms with van der Waals surface area (Å²) in [5, 5.41) is 9.08. The van der Waals surface area contributed by atoms with Gasteiger partial charge in [-0.2, -0.15) is 0 Å². The van der Waals surface area contributed by atoms with Crippen LogP contribution in [0.2, 0.25) is 0 Å². The zero-order valence-corrected chi connectivity index (χ0v) is 21.9. The van der Waals surface area contributed by atoms with Crippen LogP contribution in [0.5, 0.6) is 5.75 Å². The molecule has 0 aliphatic rings. The molecule has 3 nitrogen and oxygen atoms in total. The summed E-state index contributed by atoms with van der Waals surface area (Å²) in [5.41, 5.74) is 10.1. The second-order valence-corrected chi connectivity index (χ2v) is 9.43. The molecule has 0 spiro atoms. The zero-order chi connectivity index (χ0) is 27.1. The quantitative estimate of drug-likeness (QED) is 0.205. The summed E-state index contributed by atoms with van der Waals surface area (Å²) in [7, 11) is 0.698. The number of nitrogens with zero attached hydrogens (tertiary/aromatic N) is 1. The maximum absolute atomic E-state index is 9.08. The maximum atomic E-state index is 9.08. The molecule has 0 fully saturated rings. The van der Waals surface area contributed by atoms with Crippen LogP contribution in [0.3, 0.4) is 0 Å². The summed E-state index contributed by atoms with van der Waals surface area (Å²) >= 11 is 0. The monoisotopic (exact) mass is 516 g/mol. The largest absolute Gasteiger partial charge is 0.569 e. The zero-order valence-electron chi connectivity index (χ0n) is 21.9. The summed E-state index contributed by atoms with van der Waals surface area (Å²) in [6.07, 6.45) is 0. The molecule has 191 valence electrons. The van der Waals surface area contributed by atoms with Crippen LogP contribution in [0, 0.1) is 0 Å². The van der Waals surface area contributed by atoms with Gasteiger partial charge >= 0.3 is 7.69 Å². The first-order chi connectivity index (χ1) is 19.8. The molecule has 1 N–H and O–H groups in total. The van der Waals surface area contributed by atoms with E-state index in [2.05, 4.69) is 120 Å². The number of hydrogen-bond acceptors (Lipinski definition) is 3. The van der Waals surface area contributed by atoms with Crippen molar-refractivity contribution in [3.05, 3.63) is 158 Å². The molecule has 40 heavy (non-hydrogen) atoms. The molecule has 6 aromatic carbocycles. The van der Waals surface area contributed by atoms with E-state index in [9.17, 15) is 0 Å². The Morgan fingerprint density at radius 1 is 0.425 bits per heavy atom. The minimum atomic E-state index is 0.565. The molecular weight excluding hydrogens is 489 g/mol. The molecule has 0 bridgehead atoms. The van der Waals surface area contributed by atoms with Crippen molar-refractivity contribution >= 4 is 24.7 Å². The summed E-state index contributed by atoms with van der Waals surface area (Å²) in [6, 6.07) is 54.4. The van der Waals surface area contributed by atoms with E-state index in [1.54, 1.807) is 0 Å². The number of rotatable bonds is 8. The van der Waals surface area contributed by atoms with E-state index in [0.717, 1.165) is 33.8 Å². The lowest BCUT2D eigenvalue weighted by molar-refractivity contribution is 0.454. The first kappa shape index (κ1) is 25.2. The van der Waals surface area contributed by atoms with Gasteiger partial charge in [-0.25, -0.2) is 0 Å². The normalized spacial score (nSPS) is 10.6. The first-order valence-corrected chi connectivity index (χ1v) is 13.2. The van der Waals surface area contributed by atoms with Gasteiger partial charge in [0.1, 0.15) is 5.75 Å². The predicted molar refractivity (Wildman–Crippen MR) is 166 cm³/mol. The summed E-state index contributed by atoms with van der Waals surface area (Å²) in [6.45, 7) is 0. The van der Waals surface area contributed by atoms with Gasteiger partial charge in [-0.05, 0) is 81.9 Å². The van der Waals surface area contributed by atoms with Crippen LogP contribution in [0.15, 0.2) is 158 Å². The molecule has 0 saturated carbocycles. The van der Waals surface area contributed by atoms with Crippen molar-refractivity contribution in [2.24, 2.45) is 0 Å². The van der Waals surface area contributed by atoms with Gasteiger partial charge in [-0.3, -0.25) is 0 Å². The van der Waals surface area contributed by atoms with Crippen LogP contribution < -0.4 is 9.55 Å². The van der Waals surface area contributed by atoms with Gasteiger partial charge in [0.05, 0.1) is 0 Å². The molecule has 0 atom stereocenters. The highest BCUT2D eigenvalue weighted by molar-refractivity contribution is 6.17. The van der Waals surface area contributed by atoms with Gasteiger partial charge in [-0.15, -0.1) is 0 Å². The van der Waals surface area contributed by atoms with Gasteiger partial charge in [-0.1, -0.05) is 109 Å². The fraction of sp³-hybridized carbons (Fsp3) is 0. The fourth-order valence-electron chi connectivity index (χ4n) is 5.01. The smallest absolute Gasteiger partial charge is 0.537 e. The lowest BCUT2D eigenvalue weighted by Gasteiger charge is -2.27. The maximum Gasteiger partial charge on any atom is 0.569 e.